The van der Waals surface area contributed by atoms with Crippen molar-refractivity contribution in [2.24, 2.45) is 4.40 Å². The lowest BCUT2D eigenvalue weighted by Crippen LogP contribution is -2.41. The van der Waals surface area contributed by atoms with Crippen molar-refractivity contribution in [2.45, 2.75) is 20.8 Å². The maximum atomic E-state index is 13.0. The van der Waals surface area contributed by atoms with Crippen LogP contribution in [0.25, 0.3) is 5.95 Å². The molecule has 0 aliphatic carbocycles. The van der Waals surface area contributed by atoms with Gasteiger partial charge < -0.3 is 10.2 Å². The van der Waals surface area contributed by atoms with Crippen molar-refractivity contribution in [3.05, 3.63) is 53.1 Å². The van der Waals surface area contributed by atoms with Crippen LogP contribution in [0.1, 0.15) is 17.1 Å². The minimum absolute atomic E-state index is 0.0915. The third kappa shape index (κ3) is 3.81. The summed E-state index contributed by atoms with van der Waals surface area (Å²) in [7, 11) is -3.59. The second kappa shape index (κ2) is 6.92. The highest BCUT2D eigenvalue weighted by molar-refractivity contribution is 7.90. The lowest BCUT2D eigenvalue weighted by atomic mass is 10.1. The number of anilines is 1. The second-order valence-corrected chi connectivity index (χ2v) is 8.56. The molecule has 1 amide bonds. The van der Waals surface area contributed by atoms with Crippen LogP contribution in [0.5, 0.6) is 0 Å². The van der Waals surface area contributed by atoms with Crippen molar-refractivity contribution >= 4 is 27.6 Å². The Balaban J connectivity index is 1.68. The summed E-state index contributed by atoms with van der Waals surface area (Å²) in [6.07, 6.45) is 4.91. The van der Waals surface area contributed by atoms with Crippen molar-refractivity contribution in [1.29, 1.82) is 0 Å². The Bertz CT molecular complexity index is 1190. The van der Waals surface area contributed by atoms with Crippen LogP contribution >= 0.6 is 0 Å². The minimum atomic E-state index is -3.59. The van der Waals surface area contributed by atoms with Crippen LogP contribution < -0.4 is 5.32 Å². The Morgan fingerprint density at radius 3 is 2.55 bits per heavy atom. The van der Waals surface area contributed by atoms with Gasteiger partial charge in [-0.05, 0) is 39.0 Å². The fraction of sp³-hybridized carbons (Fsp3) is 0.278. The highest BCUT2D eigenvalue weighted by Crippen LogP contribution is 2.21. The van der Waals surface area contributed by atoms with Gasteiger partial charge in [0.05, 0.1) is 17.0 Å². The number of carbonyl (C=O) groups is 1. The van der Waals surface area contributed by atoms with Gasteiger partial charge in [-0.3, -0.25) is 4.79 Å². The SMILES string of the molecule is Cc1cc(C)nc(-n2nc(C)cc2NC(=O)C2=CC=CN3CCS(=O)(=O)N=C23)n1. The maximum absolute atomic E-state index is 13.0. The molecule has 150 valence electrons. The zero-order valence-corrected chi connectivity index (χ0v) is 16.9. The third-order valence-electron chi connectivity index (χ3n) is 4.34. The predicted octanol–water partition coefficient (Wildman–Crippen LogP) is 1.02. The summed E-state index contributed by atoms with van der Waals surface area (Å²) in [5, 5.41) is 7.15. The van der Waals surface area contributed by atoms with Crippen LogP contribution in [0, 0.1) is 20.8 Å². The van der Waals surface area contributed by atoms with Gasteiger partial charge >= 0.3 is 0 Å². The molecule has 0 saturated carbocycles. The first-order chi connectivity index (χ1) is 13.7. The average Bonchev–Trinajstić information content (AvgIpc) is 3.00. The van der Waals surface area contributed by atoms with Crippen LogP contribution in [0.15, 0.2) is 40.5 Å². The molecular formula is C18H19N7O3S. The molecule has 11 heteroatoms. The highest BCUT2D eigenvalue weighted by Gasteiger charge is 2.30. The molecule has 0 radical (unpaired) electrons. The first kappa shape index (κ1) is 19.0. The maximum Gasteiger partial charge on any atom is 0.260 e. The van der Waals surface area contributed by atoms with E-state index in [-0.39, 0.29) is 23.7 Å². The number of rotatable bonds is 3. The molecule has 0 aromatic carbocycles. The molecule has 4 rings (SSSR count). The molecule has 2 aliphatic rings. The number of aromatic nitrogens is 4. The quantitative estimate of drug-likeness (QED) is 0.797. The number of fused-ring (bicyclic) bond motifs is 1. The smallest absolute Gasteiger partial charge is 0.260 e. The minimum Gasteiger partial charge on any atom is -0.331 e. The Kier molecular flexibility index (Phi) is 4.53. The van der Waals surface area contributed by atoms with Crippen LogP contribution in [0.2, 0.25) is 0 Å². The number of amides is 1. The van der Waals surface area contributed by atoms with Crippen molar-refractivity contribution in [3.8, 4) is 5.95 Å². The molecular weight excluding hydrogens is 394 g/mol. The van der Waals surface area contributed by atoms with E-state index in [9.17, 15) is 13.2 Å². The molecule has 0 bridgehead atoms. The first-order valence-corrected chi connectivity index (χ1v) is 10.5. The van der Waals surface area contributed by atoms with Gasteiger partial charge in [0, 0.05) is 30.2 Å². The van der Waals surface area contributed by atoms with Gasteiger partial charge in [0.25, 0.3) is 21.9 Å². The van der Waals surface area contributed by atoms with E-state index in [1.807, 2.05) is 19.9 Å². The topological polar surface area (TPSA) is 122 Å². The van der Waals surface area contributed by atoms with E-state index >= 15 is 0 Å². The van der Waals surface area contributed by atoms with E-state index < -0.39 is 15.9 Å². The molecule has 2 aromatic heterocycles. The standard InChI is InChI=1S/C18H19N7O3S/c1-11-9-12(2)20-18(19-11)25-15(10-13(3)22-25)21-17(26)14-5-4-6-24-7-8-29(27,28)23-16(14)24/h4-6,9-10H,7-8H2,1-3H3,(H,21,26). The number of allylic oxidation sites excluding steroid dienone is 2. The van der Waals surface area contributed by atoms with Gasteiger partial charge in [0.1, 0.15) is 5.82 Å². The number of amidine groups is 1. The van der Waals surface area contributed by atoms with Crippen LogP contribution in [-0.4, -0.2) is 57.1 Å². The van der Waals surface area contributed by atoms with Gasteiger partial charge in [-0.1, -0.05) is 0 Å². The van der Waals surface area contributed by atoms with Gasteiger partial charge in [0.2, 0.25) is 0 Å². The summed E-state index contributed by atoms with van der Waals surface area (Å²) in [4.78, 5) is 23.4. The summed E-state index contributed by atoms with van der Waals surface area (Å²) in [6, 6.07) is 3.53. The fourth-order valence-corrected chi connectivity index (χ4v) is 4.11. The lowest BCUT2D eigenvalue weighted by Gasteiger charge is -2.28. The molecule has 0 fully saturated rings. The molecule has 1 N–H and O–H groups in total. The normalized spacial score (nSPS) is 17.4. The molecule has 0 atom stereocenters. The largest absolute Gasteiger partial charge is 0.331 e. The lowest BCUT2D eigenvalue weighted by molar-refractivity contribution is -0.112. The number of hydrogen-bond donors (Lipinski definition) is 1. The first-order valence-electron chi connectivity index (χ1n) is 8.91. The van der Waals surface area contributed by atoms with Crippen molar-refractivity contribution < 1.29 is 13.2 Å². The number of carbonyl (C=O) groups excluding carboxylic acids is 1. The number of sulfonamides is 1. The van der Waals surface area contributed by atoms with Crippen molar-refractivity contribution in [1.82, 2.24) is 24.6 Å². The van der Waals surface area contributed by atoms with E-state index in [0.29, 0.717) is 17.5 Å². The average molecular weight is 413 g/mol. The van der Waals surface area contributed by atoms with Gasteiger partial charge in [-0.15, -0.1) is 4.40 Å². The van der Waals surface area contributed by atoms with E-state index in [0.717, 1.165) is 11.4 Å². The summed E-state index contributed by atoms with van der Waals surface area (Å²) >= 11 is 0. The predicted molar refractivity (Wildman–Crippen MR) is 107 cm³/mol. The number of hydrogen-bond acceptors (Lipinski definition) is 7. The fourth-order valence-electron chi connectivity index (χ4n) is 3.12. The summed E-state index contributed by atoms with van der Waals surface area (Å²) < 4.78 is 29.0. The van der Waals surface area contributed by atoms with Crippen LogP contribution in [-0.2, 0) is 14.8 Å². The number of nitrogens with one attached hydrogen (secondary N) is 1. The Hall–Kier alpha value is -3.34. The third-order valence-corrected chi connectivity index (χ3v) is 5.48. The number of nitrogens with zero attached hydrogens (tertiary/aromatic N) is 6. The molecule has 4 heterocycles. The van der Waals surface area contributed by atoms with E-state index in [1.54, 1.807) is 30.2 Å². The van der Waals surface area contributed by atoms with Crippen molar-refractivity contribution in [2.75, 3.05) is 17.6 Å². The summed E-state index contributed by atoms with van der Waals surface area (Å²) in [5.74, 6) is 0.231. The van der Waals surface area contributed by atoms with E-state index in [1.165, 1.54) is 10.8 Å². The molecule has 0 saturated heterocycles. The van der Waals surface area contributed by atoms with Gasteiger partial charge in [0.15, 0.2) is 5.84 Å². The molecule has 2 aromatic rings. The summed E-state index contributed by atoms with van der Waals surface area (Å²) in [6.45, 7) is 5.73. The zero-order chi connectivity index (χ0) is 20.8. The monoisotopic (exact) mass is 413 g/mol. The van der Waals surface area contributed by atoms with Gasteiger partial charge in [-0.25, -0.2) is 18.4 Å². The highest BCUT2D eigenvalue weighted by atomic mass is 32.2. The van der Waals surface area contributed by atoms with Crippen molar-refractivity contribution in [3.63, 3.8) is 0 Å². The molecule has 0 unspecified atom stereocenters. The number of aryl methyl sites for hydroxylation is 3. The molecule has 10 nitrogen and oxygen atoms in total. The van der Waals surface area contributed by atoms with Gasteiger partial charge in [-0.2, -0.15) is 9.78 Å². The zero-order valence-electron chi connectivity index (χ0n) is 16.1. The second-order valence-electron chi connectivity index (χ2n) is 6.80. The Morgan fingerprint density at radius 2 is 1.83 bits per heavy atom. The van der Waals surface area contributed by atoms with E-state index in [2.05, 4.69) is 24.8 Å². The molecule has 2 aliphatic heterocycles. The summed E-state index contributed by atoms with van der Waals surface area (Å²) in [5.41, 5.74) is 2.37. The van der Waals surface area contributed by atoms with E-state index in [4.69, 9.17) is 0 Å². The molecule has 29 heavy (non-hydrogen) atoms. The Labute approximate surface area is 167 Å². The Morgan fingerprint density at radius 1 is 1.10 bits per heavy atom. The van der Waals surface area contributed by atoms with Crippen LogP contribution in [0.4, 0.5) is 5.82 Å². The molecule has 0 spiro atoms. The van der Waals surface area contributed by atoms with Crippen LogP contribution in [0.3, 0.4) is 0 Å².